The molecule has 3 N–H and O–H groups in total. The molecule has 2 rings (SSSR count). The molecule has 20 heavy (non-hydrogen) atoms. The van der Waals surface area contributed by atoms with E-state index in [1.165, 1.54) is 5.75 Å². The fourth-order valence-electron chi connectivity index (χ4n) is 2.55. The smallest absolute Gasteiger partial charge is 0.124 e. The lowest BCUT2D eigenvalue weighted by Gasteiger charge is -2.38. The van der Waals surface area contributed by atoms with E-state index in [-0.39, 0.29) is 6.04 Å². The van der Waals surface area contributed by atoms with Crippen LogP contribution in [-0.2, 0) is 0 Å². The third kappa shape index (κ3) is 3.67. The third-order valence-electron chi connectivity index (χ3n) is 3.72. The Hall–Kier alpha value is -0.750. The first-order chi connectivity index (χ1) is 9.77. The topological polar surface area (TPSA) is 50.5 Å². The minimum atomic E-state index is 0.0980. The molecule has 112 valence electrons. The van der Waals surface area contributed by atoms with E-state index < -0.39 is 0 Å². The summed E-state index contributed by atoms with van der Waals surface area (Å²) in [5.74, 6) is 9.08. The zero-order valence-electron chi connectivity index (χ0n) is 12.3. The number of nitrogens with one attached hydrogen (secondary N) is 1. The van der Waals surface area contributed by atoms with Crippen LogP contribution in [0.15, 0.2) is 24.3 Å². The highest BCUT2D eigenvalue weighted by Crippen LogP contribution is 2.31. The number of thioether (sulfide) groups is 1. The fourth-order valence-corrected chi connectivity index (χ4v) is 3.82. The average Bonchev–Trinajstić information content (AvgIpc) is 2.49. The van der Waals surface area contributed by atoms with Crippen LogP contribution in [0.3, 0.4) is 0 Å². The molecule has 0 amide bonds. The molecular formula is C15H25N3OS. The second-order valence-electron chi connectivity index (χ2n) is 5.15. The highest BCUT2D eigenvalue weighted by atomic mass is 32.2. The minimum absolute atomic E-state index is 0.0980. The fraction of sp³-hybridized carbons (Fsp3) is 0.600. The molecule has 0 bridgehead atoms. The van der Waals surface area contributed by atoms with Crippen LogP contribution in [0.25, 0.3) is 0 Å². The summed E-state index contributed by atoms with van der Waals surface area (Å²) in [5.41, 5.74) is 4.16. The number of nitrogens with two attached hydrogens (primary N) is 1. The van der Waals surface area contributed by atoms with Crippen LogP contribution in [0.2, 0.25) is 0 Å². The third-order valence-corrected chi connectivity index (χ3v) is 4.77. The van der Waals surface area contributed by atoms with Gasteiger partial charge in [0.1, 0.15) is 5.75 Å². The molecule has 0 aliphatic carbocycles. The van der Waals surface area contributed by atoms with Gasteiger partial charge < -0.3 is 4.74 Å². The van der Waals surface area contributed by atoms with Gasteiger partial charge in [-0.15, -0.1) is 0 Å². The Bertz CT molecular complexity index is 416. The van der Waals surface area contributed by atoms with Crippen molar-refractivity contribution in [2.75, 3.05) is 31.7 Å². The van der Waals surface area contributed by atoms with Crippen molar-refractivity contribution in [3.63, 3.8) is 0 Å². The summed E-state index contributed by atoms with van der Waals surface area (Å²) in [4.78, 5) is 2.39. The predicted octanol–water partition coefficient (Wildman–Crippen LogP) is 2.03. The Morgan fingerprint density at radius 2 is 2.30 bits per heavy atom. The van der Waals surface area contributed by atoms with Crippen molar-refractivity contribution >= 4 is 11.8 Å². The number of hydrazine groups is 1. The van der Waals surface area contributed by atoms with Gasteiger partial charge in [0.2, 0.25) is 0 Å². The van der Waals surface area contributed by atoms with Crippen molar-refractivity contribution in [2.45, 2.75) is 25.4 Å². The van der Waals surface area contributed by atoms with Gasteiger partial charge in [0.05, 0.1) is 12.6 Å². The van der Waals surface area contributed by atoms with E-state index in [2.05, 4.69) is 36.4 Å². The molecule has 2 atom stereocenters. The first kappa shape index (κ1) is 15.6. The monoisotopic (exact) mass is 295 g/mol. The molecule has 2 unspecified atom stereocenters. The summed E-state index contributed by atoms with van der Waals surface area (Å²) < 4.78 is 5.87. The van der Waals surface area contributed by atoms with Crippen LogP contribution in [-0.4, -0.2) is 42.6 Å². The standard InChI is InChI=1S/C15H25N3OS/c1-3-9-19-14-7-5-4-6-12(14)15(17-16)13-11-20-10-8-18(13)2/h4-7,13,15,17H,3,8-11,16H2,1-2H3. The number of rotatable bonds is 6. The first-order valence-corrected chi connectivity index (χ1v) is 8.39. The summed E-state index contributed by atoms with van der Waals surface area (Å²) >= 11 is 1.99. The Kier molecular flexibility index (Phi) is 6.16. The van der Waals surface area contributed by atoms with Crippen LogP contribution < -0.4 is 16.0 Å². The second kappa shape index (κ2) is 7.88. The predicted molar refractivity (Wildman–Crippen MR) is 86.0 cm³/mol. The van der Waals surface area contributed by atoms with Crippen molar-refractivity contribution in [3.8, 4) is 5.75 Å². The largest absolute Gasteiger partial charge is 0.493 e. The highest BCUT2D eigenvalue weighted by Gasteiger charge is 2.30. The molecule has 1 fully saturated rings. The maximum Gasteiger partial charge on any atom is 0.124 e. The number of para-hydroxylation sites is 1. The van der Waals surface area contributed by atoms with Crippen molar-refractivity contribution in [2.24, 2.45) is 5.84 Å². The maximum atomic E-state index is 5.87. The van der Waals surface area contributed by atoms with Gasteiger partial charge in [-0.1, -0.05) is 25.1 Å². The molecule has 5 heteroatoms. The van der Waals surface area contributed by atoms with E-state index >= 15 is 0 Å². The zero-order chi connectivity index (χ0) is 14.4. The lowest BCUT2D eigenvalue weighted by Crippen LogP contribution is -2.49. The minimum Gasteiger partial charge on any atom is -0.493 e. The summed E-state index contributed by atoms with van der Waals surface area (Å²) in [6.45, 7) is 3.96. The molecule has 1 aromatic rings. The van der Waals surface area contributed by atoms with Gasteiger partial charge in [-0.3, -0.25) is 16.2 Å². The lowest BCUT2D eigenvalue weighted by atomic mass is 9.98. The van der Waals surface area contributed by atoms with Gasteiger partial charge in [0.15, 0.2) is 0 Å². The SMILES string of the molecule is CCCOc1ccccc1C(NN)C1CSCCN1C. The van der Waals surface area contributed by atoms with Crippen LogP contribution in [0.4, 0.5) is 0 Å². The molecule has 1 aliphatic rings. The maximum absolute atomic E-state index is 5.87. The molecule has 1 saturated heterocycles. The number of hydrogen-bond donors (Lipinski definition) is 2. The number of ether oxygens (including phenoxy) is 1. The summed E-state index contributed by atoms with van der Waals surface area (Å²) in [5, 5.41) is 0. The van der Waals surface area contributed by atoms with Crippen LogP contribution >= 0.6 is 11.8 Å². The lowest BCUT2D eigenvalue weighted by molar-refractivity contribution is 0.211. The molecule has 0 aromatic heterocycles. The summed E-state index contributed by atoms with van der Waals surface area (Å²) in [6.07, 6.45) is 1.01. The molecule has 0 saturated carbocycles. The molecule has 1 aliphatic heterocycles. The molecule has 1 aromatic carbocycles. The Balaban J connectivity index is 2.21. The van der Waals surface area contributed by atoms with E-state index in [1.807, 2.05) is 23.9 Å². The van der Waals surface area contributed by atoms with E-state index in [9.17, 15) is 0 Å². The van der Waals surface area contributed by atoms with Crippen LogP contribution in [0, 0.1) is 0 Å². The normalized spacial score (nSPS) is 21.6. The van der Waals surface area contributed by atoms with Crippen LogP contribution in [0.1, 0.15) is 24.9 Å². The molecule has 0 spiro atoms. The van der Waals surface area contributed by atoms with Gasteiger partial charge in [0, 0.05) is 29.7 Å². The van der Waals surface area contributed by atoms with Gasteiger partial charge in [-0.2, -0.15) is 11.8 Å². The van der Waals surface area contributed by atoms with Crippen molar-refractivity contribution in [1.82, 2.24) is 10.3 Å². The summed E-state index contributed by atoms with van der Waals surface area (Å²) in [7, 11) is 2.17. The molecule has 4 nitrogen and oxygen atoms in total. The molecule has 1 heterocycles. The van der Waals surface area contributed by atoms with E-state index in [1.54, 1.807) is 0 Å². The van der Waals surface area contributed by atoms with Crippen molar-refractivity contribution < 1.29 is 4.74 Å². The van der Waals surface area contributed by atoms with E-state index in [4.69, 9.17) is 10.6 Å². The second-order valence-corrected chi connectivity index (χ2v) is 6.30. The van der Waals surface area contributed by atoms with Gasteiger partial charge in [-0.05, 0) is 19.5 Å². The number of hydrogen-bond acceptors (Lipinski definition) is 5. The first-order valence-electron chi connectivity index (χ1n) is 7.23. The quantitative estimate of drug-likeness (QED) is 0.621. The van der Waals surface area contributed by atoms with E-state index in [0.717, 1.165) is 36.6 Å². The number of benzene rings is 1. The Labute approximate surface area is 126 Å². The molecule has 0 radical (unpaired) electrons. The van der Waals surface area contributed by atoms with E-state index in [0.29, 0.717) is 6.04 Å². The van der Waals surface area contributed by atoms with Gasteiger partial charge in [0.25, 0.3) is 0 Å². The summed E-state index contributed by atoms with van der Waals surface area (Å²) in [6, 6.07) is 8.70. The molecular weight excluding hydrogens is 270 g/mol. The number of likely N-dealkylation sites (N-methyl/N-ethyl adjacent to an activating group) is 1. The zero-order valence-corrected chi connectivity index (χ0v) is 13.2. The van der Waals surface area contributed by atoms with Crippen molar-refractivity contribution in [1.29, 1.82) is 0 Å². The average molecular weight is 295 g/mol. The van der Waals surface area contributed by atoms with Crippen LogP contribution in [0.5, 0.6) is 5.75 Å². The number of nitrogens with zero attached hydrogens (tertiary/aromatic N) is 1. The van der Waals surface area contributed by atoms with Gasteiger partial charge >= 0.3 is 0 Å². The Morgan fingerprint density at radius 1 is 1.50 bits per heavy atom. The van der Waals surface area contributed by atoms with Crippen molar-refractivity contribution in [3.05, 3.63) is 29.8 Å². The Morgan fingerprint density at radius 3 is 3.00 bits per heavy atom. The van der Waals surface area contributed by atoms with Gasteiger partial charge in [-0.25, -0.2) is 0 Å². The highest BCUT2D eigenvalue weighted by molar-refractivity contribution is 7.99.